The first-order chi connectivity index (χ1) is 7.09. The summed E-state index contributed by atoms with van der Waals surface area (Å²) in [6.07, 6.45) is 1.71. The van der Waals surface area contributed by atoms with Crippen molar-refractivity contribution in [3.05, 3.63) is 35.9 Å². The molecule has 1 unspecified atom stereocenters. The molecule has 0 N–H and O–H groups in total. The van der Waals surface area contributed by atoms with Gasteiger partial charge in [-0.2, -0.15) is 12.7 Å². The maximum Gasteiger partial charge on any atom is 0.300 e. The van der Waals surface area contributed by atoms with E-state index in [2.05, 4.69) is 0 Å². The van der Waals surface area contributed by atoms with E-state index >= 15 is 0 Å². The smallest absolute Gasteiger partial charge is 0.195 e. The molecule has 5 heteroatoms. The molecule has 15 heavy (non-hydrogen) atoms. The van der Waals surface area contributed by atoms with Crippen LogP contribution in [-0.4, -0.2) is 19.3 Å². The minimum Gasteiger partial charge on any atom is -0.195 e. The molecule has 3 nitrogen and oxygen atoms in total. The van der Waals surface area contributed by atoms with Gasteiger partial charge in [0, 0.05) is 17.2 Å². The van der Waals surface area contributed by atoms with Crippen LogP contribution in [0.15, 0.2) is 30.3 Å². The molecule has 2 rings (SSSR count). The van der Waals surface area contributed by atoms with Gasteiger partial charge in [-0.3, -0.25) is 0 Å². The van der Waals surface area contributed by atoms with Crippen LogP contribution in [-0.2, 0) is 9.24 Å². The van der Waals surface area contributed by atoms with Crippen molar-refractivity contribution in [1.82, 2.24) is 4.31 Å². The zero-order valence-electron chi connectivity index (χ0n) is 8.14. The summed E-state index contributed by atoms with van der Waals surface area (Å²) in [6.45, 7) is 0.519. The van der Waals surface area contributed by atoms with Gasteiger partial charge in [-0.1, -0.05) is 30.3 Å². The molecular weight excluding hydrogens is 234 g/mol. The molecule has 1 aliphatic heterocycles. The molecule has 0 aromatic heterocycles. The lowest BCUT2D eigenvalue weighted by molar-refractivity contribution is 0.406. The van der Waals surface area contributed by atoms with Gasteiger partial charge in [0.2, 0.25) is 0 Å². The van der Waals surface area contributed by atoms with Gasteiger partial charge in [-0.25, -0.2) is 0 Å². The van der Waals surface area contributed by atoms with E-state index in [-0.39, 0.29) is 6.04 Å². The quantitative estimate of drug-likeness (QED) is 0.750. The van der Waals surface area contributed by atoms with Gasteiger partial charge in [0.1, 0.15) is 0 Å². The third-order valence-corrected chi connectivity index (χ3v) is 4.20. The number of nitrogens with zero attached hydrogens (tertiary/aromatic N) is 1. The highest BCUT2D eigenvalue weighted by Gasteiger charge is 2.33. The fourth-order valence-electron chi connectivity index (χ4n) is 2.01. The van der Waals surface area contributed by atoms with E-state index in [1.54, 1.807) is 0 Å². The third-order valence-electron chi connectivity index (χ3n) is 2.67. The summed E-state index contributed by atoms with van der Waals surface area (Å²) in [5, 5.41) is 0. The highest BCUT2D eigenvalue weighted by Crippen LogP contribution is 2.34. The molecule has 1 fully saturated rings. The highest BCUT2D eigenvalue weighted by molar-refractivity contribution is 8.11. The van der Waals surface area contributed by atoms with Gasteiger partial charge in [-0.05, 0) is 18.4 Å². The predicted molar refractivity (Wildman–Crippen MR) is 59.9 cm³/mol. The molecule has 1 aromatic carbocycles. The summed E-state index contributed by atoms with van der Waals surface area (Å²) in [5.74, 6) is 0. The van der Waals surface area contributed by atoms with Crippen molar-refractivity contribution in [3.8, 4) is 0 Å². The van der Waals surface area contributed by atoms with E-state index in [0.717, 1.165) is 18.4 Å². The lowest BCUT2D eigenvalue weighted by atomic mass is 10.1. The maximum atomic E-state index is 11.3. The average Bonchev–Trinajstić information content (AvgIpc) is 2.67. The topological polar surface area (TPSA) is 37.4 Å². The zero-order chi connectivity index (χ0) is 10.9. The molecule has 0 saturated carbocycles. The Balaban J connectivity index is 2.30. The fourth-order valence-corrected chi connectivity index (χ4v) is 3.38. The van der Waals surface area contributed by atoms with Crippen LogP contribution in [0.4, 0.5) is 0 Å². The predicted octanol–water partition coefficient (Wildman–Crippen LogP) is 2.31. The van der Waals surface area contributed by atoms with Gasteiger partial charge < -0.3 is 0 Å². The van der Waals surface area contributed by atoms with E-state index in [4.69, 9.17) is 10.7 Å². The Morgan fingerprint density at radius 2 is 1.93 bits per heavy atom. The summed E-state index contributed by atoms with van der Waals surface area (Å²) < 4.78 is 24.0. The summed E-state index contributed by atoms with van der Waals surface area (Å²) in [6, 6.07) is 9.52. The maximum absolute atomic E-state index is 11.3. The van der Waals surface area contributed by atoms with Crippen molar-refractivity contribution in [2.24, 2.45) is 0 Å². The molecule has 0 radical (unpaired) electrons. The molecule has 1 aliphatic rings. The normalized spacial score (nSPS) is 23.1. The lowest BCUT2D eigenvalue weighted by Gasteiger charge is -2.20. The van der Waals surface area contributed by atoms with Crippen LogP contribution in [0.1, 0.15) is 24.4 Å². The van der Waals surface area contributed by atoms with Crippen molar-refractivity contribution in [2.75, 3.05) is 6.54 Å². The Morgan fingerprint density at radius 3 is 2.53 bits per heavy atom. The molecule has 82 valence electrons. The van der Waals surface area contributed by atoms with Gasteiger partial charge in [-0.15, -0.1) is 0 Å². The second-order valence-corrected chi connectivity index (χ2v) is 6.08. The Kier molecular flexibility index (Phi) is 3.00. The Morgan fingerprint density at radius 1 is 1.27 bits per heavy atom. The van der Waals surface area contributed by atoms with E-state index in [1.165, 1.54) is 4.31 Å². The molecule has 0 aliphatic carbocycles. The number of hydrogen-bond acceptors (Lipinski definition) is 2. The summed E-state index contributed by atoms with van der Waals surface area (Å²) in [5.41, 5.74) is 1.01. The van der Waals surface area contributed by atoms with Gasteiger partial charge in [0.15, 0.2) is 0 Å². The summed E-state index contributed by atoms with van der Waals surface area (Å²) >= 11 is 0. The van der Waals surface area contributed by atoms with E-state index in [9.17, 15) is 8.42 Å². The van der Waals surface area contributed by atoms with Crippen molar-refractivity contribution in [2.45, 2.75) is 18.9 Å². The standard InChI is InChI=1S/C10H12ClNO2S/c11-15(13,14)12-8-4-7-10(12)9-5-2-1-3-6-9/h1-3,5-6,10H,4,7-8H2. The molecule has 1 aromatic rings. The van der Waals surface area contributed by atoms with Crippen LogP contribution in [0, 0.1) is 0 Å². The monoisotopic (exact) mass is 245 g/mol. The van der Waals surface area contributed by atoms with Crippen LogP contribution in [0.3, 0.4) is 0 Å². The van der Waals surface area contributed by atoms with E-state index < -0.39 is 9.24 Å². The Bertz CT molecular complexity index is 432. The molecule has 0 bridgehead atoms. The minimum absolute atomic E-state index is 0.0892. The van der Waals surface area contributed by atoms with Crippen LogP contribution in [0.25, 0.3) is 0 Å². The lowest BCUT2D eigenvalue weighted by Crippen LogP contribution is -2.26. The first-order valence-corrected chi connectivity index (χ1v) is 7.12. The fraction of sp³-hybridized carbons (Fsp3) is 0.400. The van der Waals surface area contributed by atoms with Gasteiger partial charge in [0.05, 0.1) is 6.04 Å². The summed E-state index contributed by atoms with van der Waals surface area (Å²) in [4.78, 5) is 0. The number of halogens is 1. The molecule has 0 amide bonds. The molecule has 1 atom stereocenters. The third kappa shape index (κ3) is 2.33. The van der Waals surface area contributed by atoms with Crippen LogP contribution in [0.2, 0.25) is 0 Å². The first kappa shape index (κ1) is 10.9. The molecule has 1 heterocycles. The van der Waals surface area contributed by atoms with Crippen molar-refractivity contribution < 1.29 is 8.42 Å². The van der Waals surface area contributed by atoms with Gasteiger partial charge >= 0.3 is 0 Å². The molecular formula is C10H12ClNO2S. The number of rotatable bonds is 2. The number of hydrogen-bond donors (Lipinski definition) is 0. The van der Waals surface area contributed by atoms with Crippen molar-refractivity contribution in [3.63, 3.8) is 0 Å². The van der Waals surface area contributed by atoms with E-state index in [1.807, 2.05) is 30.3 Å². The second kappa shape index (κ2) is 4.12. The van der Waals surface area contributed by atoms with Crippen LogP contribution < -0.4 is 0 Å². The van der Waals surface area contributed by atoms with Crippen LogP contribution >= 0.6 is 10.7 Å². The minimum atomic E-state index is -3.59. The van der Waals surface area contributed by atoms with Crippen molar-refractivity contribution in [1.29, 1.82) is 0 Å². The molecule has 1 saturated heterocycles. The molecule has 0 spiro atoms. The van der Waals surface area contributed by atoms with Crippen molar-refractivity contribution >= 4 is 19.9 Å². The first-order valence-electron chi connectivity index (χ1n) is 4.85. The van der Waals surface area contributed by atoms with E-state index in [0.29, 0.717) is 6.54 Å². The second-order valence-electron chi connectivity index (χ2n) is 3.62. The Labute approximate surface area is 94.2 Å². The highest BCUT2D eigenvalue weighted by atomic mass is 35.7. The van der Waals surface area contributed by atoms with Gasteiger partial charge in [0.25, 0.3) is 9.24 Å². The summed E-state index contributed by atoms with van der Waals surface area (Å²) in [7, 11) is 1.79. The Hall–Kier alpha value is -0.580. The SMILES string of the molecule is O=S(=O)(Cl)N1CCCC1c1ccccc1. The zero-order valence-corrected chi connectivity index (χ0v) is 9.71. The van der Waals surface area contributed by atoms with Crippen LogP contribution in [0.5, 0.6) is 0 Å². The number of benzene rings is 1. The average molecular weight is 246 g/mol. The largest absolute Gasteiger partial charge is 0.300 e.